The summed E-state index contributed by atoms with van der Waals surface area (Å²) in [6, 6.07) is -0.513. The number of alkyl carbamates (subject to hydrolysis) is 1. The molecule has 0 aromatic rings. The maximum Gasteiger partial charge on any atom is 0.413 e. The fraction of sp³-hybridized carbons (Fsp3) is 0.769. The maximum absolute atomic E-state index is 12.2. The Morgan fingerprint density at radius 1 is 1.30 bits per heavy atom. The zero-order valence-corrected chi connectivity index (χ0v) is 13.6. The molecular formula is C13H22N4O5S. The molecule has 2 saturated heterocycles. The number of carbonyl (C=O) groups excluding carboxylic acids is 3. The third kappa shape index (κ3) is 5.06. The Morgan fingerprint density at radius 3 is 2.78 bits per heavy atom. The number of rotatable bonds is 4. The molecule has 0 aliphatic carbocycles. The molecule has 0 bridgehead atoms. The van der Waals surface area contributed by atoms with Crippen LogP contribution in [-0.2, 0) is 14.3 Å². The van der Waals surface area contributed by atoms with E-state index in [4.69, 9.17) is 0 Å². The fourth-order valence-electron chi connectivity index (χ4n) is 2.49. The molecule has 23 heavy (non-hydrogen) atoms. The highest BCUT2D eigenvalue weighted by molar-refractivity contribution is 8.00. The van der Waals surface area contributed by atoms with E-state index in [1.807, 2.05) is 0 Å². The van der Waals surface area contributed by atoms with Gasteiger partial charge < -0.3 is 15.2 Å². The van der Waals surface area contributed by atoms with Crippen molar-refractivity contribution in [2.24, 2.45) is 5.92 Å². The molecule has 0 radical (unpaired) electrons. The van der Waals surface area contributed by atoms with Crippen LogP contribution in [0.4, 0.5) is 4.79 Å². The lowest BCUT2D eigenvalue weighted by atomic mass is 10.0. The summed E-state index contributed by atoms with van der Waals surface area (Å²) in [7, 11) is 0. The van der Waals surface area contributed by atoms with Crippen LogP contribution in [-0.4, -0.2) is 59.7 Å². The molecule has 2 rings (SSSR count). The van der Waals surface area contributed by atoms with Gasteiger partial charge in [-0.1, -0.05) is 0 Å². The van der Waals surface area contributed by atoms with E-state index in [9.17, 15) is 19.5 Å². The van der Waals surface area contributed by atoms with Gasteiger partial charge in [0.05, 0.1) is 23.9 Å². The number of hydrogen-bond donors (Lipinski definition) is 5. The van der Waals surface area contributed by atoms with Gasteiger partial charge in [0.2, 0.25) is 11.8 Å². The van der Waals surface area contributed by atoms with Crippen LogP contribution in [0.25, 0.3) is 0 Å². The van der Waals surface area contributed by atoms with Crippen molar-refractivity contribution in [1.29, 1.82) is 0 Å². The van der Waals surface area contributed by atoms with Gasteiger partial charge in [-0.05, 0) is 19.1 Å². The number of ether oxygens (including phenoxy) is 1. The maximum atomic E-state index is 12.2. The van der Waals surface area contributed by atoms with Crippen LogP contribution in [0.3, 0.4) is 0 Å². The number of aliphatic hydroxyl groups excluding tert-OH is 1. The molecule has 2 aliphatic rings. The molecule has 130 valence electrons. The Hall–Kier alpha value is -1.36. The van der Waals surface area contributed by atoms with Gasteiger partial charge in [0, 0.05) is 13.1 Å². The molecule has 2 fully saturated rings. The predicted molar refractivity (Wildman–Crippen MR) is 83.2 cm³/mol. The minimum absolute atomic E-state index is 0.183. The SMILES string of the molecule is CCOC(=O)NC(=O)C1CCSC1NC(=O)C1CC(O)NCN1. The van der Waals surface area contributed by atoms with Gasteiger partial charge in [-0.15, -0.1) is 11.8 Å². The number of nitrogens with one attached hydrogen (secondary N) is 4. The molecule has 0 aromatic carbocycles. The van der Waals surface area contributed by atoms with Crippen LogP contribution in [0.15, 0.2) is 0 Å². The topological polar surface area (TPSA) is 129 Å². The highest BCUT2D eigenvalue weighted by Gasteiger charge is 2.37. The first-order valence-electron chi connectivity index (χ1n) is 7.55. The summed E-state index contributed by atoms with van der Waals surface area (Å²) in [5.74, 6) is -0.482. The van der Waals surface area contributed by atoms with Gasteiger partial charge in [-0.3, -0.25) is 25.5 Å². The lowest BCUT2D eigenvalue weighted by Crippen LogP contribution is -2.58. The van der Waals surface area contributed by atoms with E-state index in [1.165, 1.54) is 11.8 Å². The van der Waals surface area contributed by atoms with Crippen LogP contribution in [0.1, 0.15) is 19.8 Å². The van der Waals surface area contributed by atoms with Gasteiger partial charge in [0.25, 0.3) is 0 Å². The molecule has 4 unspecified atom stereocenters. The molecule has 0 aromatic heterocycles. The van der Waals surface area contributed by atoms with Gasteiger partial charge in [0.1, 0.15) is 6.23 Å². The molecule has 4 atom stereocenters. The van der Waals surface area contributed by atoms with Crippen molar-refractivity contribution in [3.8, 4) is 0 Å². The molecule has 5 N–H and O–H groups in total. The number of imide groups is 1. The van der Waals surface area contributed by atoms with Crippen LogP contribution >= 0.6 is 11.8 Å². The summed E-state index contributed by atoms with van der Waals surface area (Å²) in [5.41, 5.74) is 0. The average Bonchev–Trinajstić information content (AvgIpc) is 2.95. The largest absolute Gasteiger partial charge is 0.450 e. The van der Waals surface area contributed by atoms with Crippen molar-refractivity contribution >= 4 is 29.7 Å². The van der Waals surface area contributed by atoms with Crippen molar-refractivity contribution in [3.05, 3.63) is 0 Å². The first-order chi connectivity index (χ1) is 11.0. The summed E-state index contributed by atoms with van der Waals surface area (Å²) < 4.78 is 4.69. The van der Waals surface area contributed by atoms with Gasteiger partial charge in [-0.2, -0.15) is 0 Å². The Morgan fingerprint density at radius 2 is 2.09 bits per heavy atom. The molecule has 0 spiro atoms. The van der Waals surface area contributed by atoms with E-state index in [0.717, 1.165) is 0 Å². The minimum Gasteiger partial charge on any atom is -0.450 e. The van der Waals surface area contributed by atoms with Crippen molar-refractivity contribution < 1.29 is 24.2 Å². The van der Waals surface area contributed by atoms with Crippen molar-refractivity contribution in [2.75, 3.05) is 19.0 Å². The van der Waals surface area contributed by atoms with E-state index in [2.05, 4.69) is 26.0 Å². The highest BCUT2D eigenvalue weighted by Crippen LogP contribution is 2.30. The molecular weight excluding hydrogens is 324 g/mol. The third-order valence-corrected chi connectivity index (χ3v) is 4.95. The zero-order valence-electron chi connectivity index (χ0n) is 12.8. The van der Waals surface area contributed by atoms with E-state index in [1.54, 1.807) is 6.92 Å². The van der Waals surface area contributed by atoms with Gasteiger partial charge in [-0.25, -0.2) is 4.79 Å². The number of thioether (sulfide) groups is 1. The molecule has 0 saturated carbocycles. The molecule has 2 aliphatic heterocycles. The monoisotopic (exact) mass is 346 g/mol. The Bertz CT molecular complexity index is 464. The minimum atomic E-state index is -0.775. The number of aliphatic hydroxyl groups is 1. The third-order valence-electron chi connectivity index (χ3n) is 3.68. The fourth-order valence-corrected chi connectivity index (χ4v) is 3.83. The van der Waals surface area contributed by atoms with Crippen LogP contribution < -0.4 is 21.3 Å². The Balaban J connectivity index is 1.87. The highest BCUT2D eigenvalue weighted by atomic mass is 32.2. The standard InChI is InChI=1S/C13H22N4O5S/c1-2-22-13(21)17-10(19)7-3-4-23-12(7)16-11(20)8-5-9(18)15-6-14-8/h7-9,12,14-15,18H,2-6H2,1H3,(H,16,20)(H,17,19,21). The van der Waals surface area contributed by atoms with Gasteiger partial charge in [0.15, 0.2) is 0 Å². The molecule has 10 heteroatoms. The molecule has 2 heterocycles. The summed E-state index contributed by atoms with van der Waals surface area (Å²) in [6.07, 6.45) is -0.680. The van der Waals surface area contributed by atoms with Crippen molar-refractivity contribution in [3.63, 3.8) is 0 Å². The quantitative estimate of drug-likeness (QED) is 0.424. The second-order valence-corrected chi connectivity index (χ2v) is 6.54. The summed E-state index contributed by atoms with van der Waals surface area (Å²) in [6.45, 7) is 2.17. The predicted octanol–water partition coefficient (Wildman–Crippen LogP) is -1.32. The first kappa shape index (κ1) is 18.0. The normalized spacial score (nSPS) is 30.5. The van der Waals surface area contributed by atoms with Crippen LogP contribution in [0.2, 0.25) is 0 Å². The number of amides is 3. The lowest BCUT2D eigenvalue weighted by molar-refractivity contribution is -0.127. The second kappa shape index (κ2) is 8.48. The van der Waals surface area contributed by atoms with Gasteiger partial charge >= 0.3 is 6.09 Å². The van der Waals surface area contributed by atoms with E-state index in [-0.39, 0.29) is 18.9 Å². The average molecular weight is 346 g/mol. The number of carbonyl (C=O) groups is 3. The summed E-state index contributed by atoms with van der Waals surface area (Å²) in [4.78, 5) is 35.7. The Labute approximate surface area is 138 Å². The molecule has 9 nitrogen and oxygen atoms in total. The summed E-state index contributed by atoms with van der Waals surface area (Å²) >= 11 is 1.46. The Kier molecular flexibility index (Phi) is 6.63. The summed E-state index contributed by atoms with van der Waals surface area (Å²) in [5, 5.41) is 19.8. The smallest absolute Gasteiger partial charge is 0.413 e. The van der Waals surface area contributed by atoms with E-state index < -0.39 is 35.6 Å². The zero-order chi connectivity index (χ0) is 16.8. The van der Waals surface area contributed by atoms with E-state index >= 15 is 0 Å². The van der Waals surface area contributed by atoms with Crippen molar-refractivity contribution in [1.82, 2.24) is 21.3 Å². The van der Waals surface area contributed by atoms with Crippen LogP contribution in [0, 0.1) is 5.92 Å². The molecule has 3 amide bonds. The second-order valence-electron chi connectivity index (χ2n) is 5.29. The van der Waals surface area contributed by atoms with Crippen LogP contribution in [0.5, 0.6) is 0 Å². The lowest BCUT2D eigenvalue weighted by Gasteiger charge is -2.29. The van der Waals surface area contributed by atoms with Crippen molar-refractivity contribution in [2.45, 2.75) is 37.4 Å². The number of hydrogen-bond acceptors (Lipinski definition) is 8. The van der Waals surface area contributed by atoms with E-state index in [0.29, 0.717) is 18.8 Å². The first-order valence-corrected chi connectivity index (χ1v) is 8.60.